The van der Waals surface area contributed by atoms with Gasteiger partial charge >= 0.3 is 0 Å². The SMILES string of the molecule is C=CC(=C)N1CCC(Nc2ncc3c(n2)N(c2ccc(F)cc2Cl)CCO3)CC1. The monoisotopic (exact) mass is 415 g/mol. The van der Waals surface area contributed by atoms with Gasteiger partial charge in [0.2, 0.25) is 5.95 Å². The summed E-state index contributed by atoms with van der Waals surface area (Å²) >= 11 is 6.28. The molecule has 0 spiro atoms. The zero-order chi connectivity index (χ0) is 20.4. The van der Waals surface area contributed by atoms with Crippen LogP contribution in [0.5, 0.6) is 5.75 Å². The summed E-state index contributed by atoms with van der Waals surface area (Å²) in [6.07, 6.45) is 5.37. The average Bonchev–Trinajstić information content (AvgIpc) is 2.73. The molecule has 8 heteroatoms. The molecule has 6 nitrogen and oxygen atoms in total. The van der Waals surface area contributed by atoms with Gasteiger partial charge in [-0.3, -0.25) is 0 Å². The minimum atomic E-state index is -0.372. The topological polar surface area (TPSA) is 53.5 Å². The Morgan fingerprint density at radius 1 is 1.31 bits per heavy atom. The largest absolute Gasteiger partial charge is 0.486 e. The molecule has 152 valence electrons. The maximum Gasteiger partial charge on any atom is 0.225 e. The molecule has 1 aromatic heterocycles. The van der Waals surface area contributed by atoms with Crippen molar-refractivity contribution in [2.75, 3.05) is 36.5 Å². The van der Waals surface area contributed by atoms with E-state index in [1.807, 2.05) is 4.90 Å². The van der Waals surface area contributed by atoms with E-state index in [0.29, 0.717) is 41.4 Å². The van der Waals surface area contributed by atoms with Gasteiger partial charge in [-0.25, -0.2) is 9.37 Å². The number of halogens is 2. The fourth-order valence-electron chi connectivity index (χ4n) is 3.64. The van der Waals surface area contributed by atoms with Gasteiger partial charge in [-0.2, -0.15) is 4.98 Å². The van der Waals surface area contributed by atoms with E-state index in [1.54, 1.807) is 18.3 Å². The summed E-state index contributed by atoms with van der Waals surface area (Å²) in [5.41, 5.74) is 1.65. The first-order valence-electron chi connectivity index (χ1n) is 9.60. The van der Waals surface area contributed by atoms with Gasteiger partial charge in [0.1, 0.15) is 12.4 Å². The Labute approximate surface area is 174 Å². The summed E-state index contributed by atoms with van der Waals surface area (Å²) in [6.45, 7) is 10.7. The van der Waals surface area contributed by atoms with Crippen molar-refractivity contribution >= 4 is 29.1 Å². The second-order valence-electron chi connectivity index (χ2n) is 7.08. The van der Waals surface area contributed by atoms with E-state index in [0.717, 1.165) is 31.6 Å². The molecular weight excluding hydrogens is 393 g/mol. The molecule has 0 amide bonds. The molecule has 0 saturated carbocycles. The van der Waals surface area contributed by atoms with Crippen LogP contribution in [0.2, 0.25) is 5.02 Å². The van der Waals surface area contributed by atoms with E-state index in [4.69, 9.17) is 16.3 Å². The third-order valence-electron chi connectivity index (χ3n) is 5.23. The molecule has 1 aromatic carbocycles. The molecule has 29 heavy (non-hydrogen) atoms. The van der Waals surface area contributed by atoms with Gasteiger partial charge in [-0.1, -0.05) is 24.8 Å². The molecule has 4 rings (SSSR count). The van der Waals surface area contributed by atoms with Crippen molar-refractivity contribution in [3.63, 3.8) is 0 Å². The van der Waals surface area contributed by atoms with Crippen LogP contribution in [0.15, 0.2) is 49.3 Å². The number of nitrogens with zero attached hydrogens (tertiary/aromatic N) is 4. The standard InChI is InChI=1S/C21H23ClFN5O/c1-3-14(2)27-8-6-16(7-9-27)25-21-24-13-19-20(26-21)28(10-11-29-19)18-5-4-15(23)12-17(18)22/h3-5,12-13,16H,1-2,6-11H2,(H,24,25,26). The maximum atomic E-state index is 13.5. The van der Waals surface area contributed by atoms with Gasteiger partial charge in [0.05, 0.1) is 23.5 Å². The lowest BCUT2D eigenvalue weighted by Crippen LogP contribution is -2.38. The highest BCUT2D eigenvalue weighted by Crippen LogP contribution is 2.38. The average molecular weight is 416 g/mol. The Balaban J connectivity index is 1.52. The van der Waals surface area contributed by atoms with Crippen LogP contribution in [-0.4, -0.2) is 47.2 Å². The Bertz CT molecular complexity index is 929. The fourth-order valence-corrected chi connectivity index (χ4v) is 3.91. The number of likely N-dealkylation sites (tertiary alicyclic amines) is 1. The molecule has 0 unspecified atom stereocenters. The molecule has 3 heterocycles. The predicted molar refractivity (Wildman–Crippen MR) is 113 cm³/mol. The number of hydrogen-bond donors (Lipinski definition) is 1. The number of rotatable bonds is 5. The van der Waals surface area contributed by atoms with Gasteiger partial charge < -0.3 is 19.9 Å². The van der Waals surface area contributed by atoms with Crippen molar-refractivity contribution < 1.29 is 9.13 Å². The number of aromatic nitrogens is 2. The first kappa shape index (κ1) is 19.5. The summed E-state index contributed by atoms with van der Waals surface area (Å²) in [7, 11) is 0. The molecule has 1 saturated heterocycles. The minimum absolute atomic E-state index is 0.272. The number of allylic oxidation sites excluding steroid dienone is 1. The number of hydrogen-bond acceptors (Lipinski definition) is 6. The summed E-state index contributed by atoms with van der Waals surface area (Å²) in [5, 5.41) is 3.76. The number of fused-ring (bicyclic) bond motifs is 1. The molecule has 2 aliphatic heterocycles. The second-order valence-corrected chi connectivity index (χ2v) is 7.49. The number of nitrogens with one attached hydrogen (secondary N) is 1. The number of anilines is 3. The van der Waals surface area contributed by atoms with E-state index >= 15 is 0 Å². The Kier molecular flexibility index (Phi) is 5.58. The lowest BCUT2D eigenvalue weighted by atomic mass is 10.0. The third kappa shape index (κ3) is 4.15. The van der Waals surface area contributed by atoms with Crippen molar-refractivity contribution in [1.29, 1.82) is 0 Å². The molecule has 1 fully saturated rings. The van der Waals surface area contributed by atoms with Crippen molar-refractivity contribution in [2.45, 2.75) is 18.9 Å². The summed E-state index contributed by atoms with van der Waals surface area (Å²) in [6, 6.07) is 4.62. The van der Waals surface area contributed by atoms with Crippen LogP contribution in [0.1, 0.15) is 12.8 Å². The molecule has 1 N–H and O–H groups in total. The highest BCUT2D eigenvalue weighted by Gasteiger charge is 2.25. The fraction of sp³-hybridized carbons (Fsp3) is 0.333. The Hall–Kier alpha value is -2.80. The molecule has 0 atom stereocenters. The zero-order valence-corrected chi connectivity index (χ0v) is 16.8. The van der Waals surface area contributed by atoms with Gasteiger partial charge in [0, 0.05) is 24.8 Å². The first-order valence-corrected chi connectivity index (χ1v) is 9.98. The van der Waals surface area contributed by atoms with E-state index in [1.165, 1.54) is 12.1 Å². The molecule has 2 aromatic rings. The predicted octanol–water partition coefficient (Wildman–Crippen LogP) is 4.38. The van der Waals surface area contributed by atoms with E-state index < -0.39 is 0 Å². The summed E-state index contributed by atoms with van der Waals surface area (Å²) < 4.78 is 19.2. The van der Waals surface area contributed by atoms with Crippen molar-refractivity contribution in [2.24, 2.45) is 0 Å². The first-order chi connectivity index (χ1) is 14.0. The summed E-state index contributed by atoms with van der Waals surface area (Å²) in [5.74, 6) is 1.38. The molecule has 0 radical (unpaired) electrons. The quantitative estimate of drug-likeness (QED) is 0.731. The van der Waals surface area contributed by atoms with E-state index in [-0.39, 0.29) is 11.9 Å². The van der Waals surface area contributed by atoms with Crippen LogP contribution in [0, 0.1) is 5.82 Å². The van der Waals surface area contributed by atoms with Crippen LogP contribution in [-0.2, 0) is 0 Å². The minimum Gasteiger partial charge on any atom is -0.486 e. The normalized spacial score (nSPS) is 16.8. The molecule has 2 aliphatic rings. The van der Waals surface area contributed by atoms with Crippen LogP contribution >= 0.6 is 11.6 Å². The van der Waals surface area contributed by atoms with Crippen LogP contribution in [0.4, 0.5) is 21.8 Å². The van der Waals surface area contributed by atoms with Crippen molar-refractivity contribution in [3.05, 3.63) is 60.2 Å². The van der Waals surface area contributed by atoms with Crippen LogP contribution in [0.25, 0.3) is 0 Å². The lowest BCUT2D eigenvalue weighted by Gasteiger charge is -2.34. The highest BCUT2D eigenvalue weighted by molar-refractivity contribution is 6.33. The number of ether oxygens (including phenoxy) is 1. The molecule has 0 bridgehead atoms. The Morgan fingerprint density at radius 2 is 2.10 bits per heavy atom. The second kappa shape index (κ2) is 8.29. The van der Waals surface area contributed by atoms with Gasteiger partial charge in [-0.15, -0.1) is 0 Å². The third-order valence-corrected chi connectivity index (χ3v) is 5.54. The van der Waals surface area contributed by atoms with Crippen LogP contribution < -0.4 is 15.0 Å². The van der Waals surface area contributed by atoms with Gasteiger partial charge in [0.15, 0.2) is 11.6 Å². The van der Waals surface area contributed by atoms with Gasteiger partial charge in [-0.05, 0) is 37.1 Å². The molecule has 0 aliphatic carbocycles. The Morgan fingerprint density at radius 3 is 2.83 bits per heavy atom. The smallest absolute Gasteiger partial charge is 0.225 e. The highest BCUT2D eigenvalue weighted by atomic mass is 35.5. The maximum absolute atomic E-state index is 13.5. The van der Waals surface area contributed by atoms with Crippen molar-refractivity contribution in [1.82, 2.24) is 14.9 Å². The number of benzene rings is 1. The molecular formula is C21H23ClFN5O. The van der Waals surface area contributed by atoms with E-state index in [9.17, 15) is 4.39 Å². The zero-order valence-electron chi connectivity index (χ0n) is 16.1. The van der Waals surface area contributed by atoms with Crippen molar-refractivity contribution in [3.8, 4) is 5.75 Å². The van der Waals surface area contributed by atoms with Crippen LogP contribution in [0.3, 0.4) is 0 Å². The summed E-state index contributed by atoms with van der Waals surface area (Å²) in [4.78, 5) is 13.2. The number of piperidine rings is 1. The lowest BCUT2D eigenvalue weighted by molar-refractivity contribution is 0.279. The van der Waals surface area contributed by atoms with E-state index in [2.05, 4.69) is 33.3 Å². The van der Waals surface area contributed by atoms with Gasteiger partial charge in [0.25, 0.3) is 0 Å².